The maximum absolute atomic E-state index is 14.0. The molecule has 0 bridgehead atoms. The molecular weight excluding hydrogens is 614 g/mol. The summed E-state index contributed by atoms with van der Waals surface area (Å²) in [5.41, 5.74) is 2.37. The molecule has 10 heteroatoms. The zero-order valence-electron chi connectivity index (χ0n) is 28.0. The number of hydrogen-bond acceptors (Lipinski definition) is 8. The first-order valence-electron chi connectivity index (χ1n) is 16.9. The van der Waals surface area contributed by atoms with Crippen molar-refractivity contribution in [3.8, 4) is 22.2 Å². The molecule has 3 aromatic rings. The predicted octanol–water partition coefficient (Wildman–Crippen LogP) is 7.07. The van der Waals surface area contributed by atoms with Gasteiger partial charge in [-0.1, -0.05) is 32.9 Å². The Morgan fingerprint density at radius 3 is 2.64 bits per heavy atom. The molecule has 1 aromatic carbocycles. The number of rotatable bonds is 7. The summed E-state index contributed by atoms with van der Waals surface area (Å²) >= 11 is 1.54. The van der Waals surface area contributed by atoms with E-state index in [0.29, 0.717) is 43.7 Å². The third-order valence-corrected chi connectivity index (χ3v) is 11.2. The summed E-state index contributed by atoms with van der Waals surface area (Å²) in [6.07, 6.45) is 8.04. The Bertz CT molecular complexity index is 1720. The van der Waals surface area contributed by atoms with Crippen LogP contribution in [-0.2, 0) is 20.8 Å². The van der Waals surface area contributed by atoms with Crippen molar-refractivity contribution < 1.29 is 29.0 Å². The van der Waals surface area contributed by atoms with E-state index in [9.17, 15) is 19.5 Å². The lowest BCUT2D eigenvalue weighted by atomic mass is 9.84. The average molecular weight is 660 g/mol. The highest BCUT2D eigenvalue weighted by atomic mass is 32.1. The molecule has 2 aromatic heterocycles. The number of hydrogen-bond donors (Lipinski definition) is 1. The number of ketones is 1. The number of aliphatic carboxylic acids is 1. The number of benzene rings is 1. The van der Waals surface area contributed by atoms with Crippen LogP contribution in [0.1, 0.15) is 82.9 Å². The molecule has 1 aliphatic heterocycles. The molecule has 5 atom stereocenters. The summed E-state index contributed by atoms with van der Waals surface area (Å²) in [5, 5.41) is 13.9. The van der Waals surface area contributed by atoms with Crippen molar-refractivity contribution in [2.45, 2.75) is 84.2 Å². The van der Waals surface area contributed by atoms with E-state index in [1.54, 1.807) is 30.4 Å². The van der Waals surface area contributed by atoms with Crippen molar-refractivity contribution in [1.82, 2.24) is 14.9 Å². The number of carbonyl (C=O) groups is 3. The van der Waals surface area contributed by atoms with Crippen LogP contribution < -0.4 is 9.47 Å². The molecule has 2 fully saturated rings. The summed E-state index contributed by atoms with van der Waals surface area (Å²) in [6.45, 7) is 6.90. The fourth-order valence-electron chi connectivity index (χ4n) is 7.42. The maximum atomic E-state index is 14.0. The van der Waals surface area contributed by atoms with E-state index in [1.807, 2.05) is 30.4 Å². The van der Waals surface area contributed by atoms with Gasteiger partial charge in [0.2, 0.25) is 5.91 Å². The van der Waals surface area contributed by atoms with Crippen LogP contribution in [0.15, 0.2) is 35.7 Å². The van der Waals surface area contributed by atoms with Gasteiger partial charge >= 0.3 is 5.97 Å². The molecule has 0 radical (unpaired) electrons. The molecule has 1 N–H and O–H groups in total. The predicted molar refractivity (Wildman–Crippen MR) is 182 cm³/mol. The highest BCUT2D eigenvalue weighted by Crippen LogP contribution is 2.57. The van der Waals surface area contributed by atoms with Gasteiger partial charge in [0, 0.05) is 48.3 Å². The van der Waals surface area contributed by atoms with Crippen molar-refractivity contribution in [2.75, 3.05) is 20.7 Å². The molecule has 47 heavy (non-hydrogen) atoms. The van der Waals surface area contributed by atoms with Crippen LogP contribution in [0.2, 0.25) is 0 Å². The lowest BCUT2D eigenvalue weighted by Gasteiger charge is -2.25. The molecule has 1 unspecified atom stereocenters. The van der Waals surface area contributed by atoms with E-state index < -0.39 is 29.3 Å². The summed E-state index contributed by atoms with van der Waals surface area (Å²) < 4.78 is 12.5. The number of aryl methyl sites for hydroxylation is 1. The van der Waals surface area contributed by atoms with Crippen LogP contribution in [-0.4, -0.2) is 64.4 Å². The average Bonchev–Trinajstić information content (AvgIpc) is 3.36. The van der Waals surface area contributed by atoms with E-state index in [-0.39, 0.29) is 29.9 Å². The van der Waals surface area contributed by atoms with E-state index in [2.05, 4.69) is 26.2 Å². The molecule has 3 aliphatic rings. The number of nitrogens with zero attached hydrogens (tertiary/aromatic N) is 3. The number of carboxylic acids is 1. The van der Waals surface area contributed by atoms with Crippen molar-refractivity contribution in [3.05, 3.63) is 47.0 Å². The first-order valence-corrected chi connectivity index (χ1v) is 17.7. The normalized spacial score (nSPS) is 27.3. The van der Waals surface area contributed by atoms with Crippen LogP contribution in [0.5, 0.6) is 11.5 Å². The van der Waals surface area contributed by atoms with E-state index in [0.717, 1.165) is 52.2 Å². The van der Waals surface area contributed by atoms with Crippen LogP contribution in [0.4, 0.5) is 0 Å². The number of methoxy groups -OCH3 is 1. The second-order valence-electron chi connectivity index (χ2n) is 13.8. The monoisotopic (exact) mass is 659 g/mol. The number of allylic oxidation sites excluding steroid dienone is 2. The molecule has 250 valence electrons. The van der Waals surface area contributed by atoms with Gasteiger partial charge in [-0.15, -0.1) is 11.3 Å². The largest absolute Gasteiger partial charge is 0.496 e. The summed E-state index contributed by atoms with van der Waals surface area (Å²) in [5.74, 6) is -0.810. The Morgan fingerprint density at radius 2 is 1.94 bits per heavy atom. The Kier molecular flexibility index (Phi) is 9.43. The highest BCUT2D eigenvalue weighted by molar-refractivity contribution is 7.13. The molecule has 0 saturated heterocycles. The Morgan fingerprint density at radius 1 is 1.15 bits per heavy atom. The maximum Gasteiger partial charge on any atom is 0.310 e. The third-order valence-electron chi connectivity index (χ3n) is 10.4. The topological polar surface area (TPSA) is 119 Å². The summed E-state index contributed by atoms with van der Waals surface area (Å²) in [6, 6.07) is 5.80. The van der Waals surface area contributed by atoms with Crippen LogP contribution >= 0.6 is 11.3 Å². The highest BCUT2D eigenvalue weighted by Gasteiger charge is 2.61. The van der Waals surface area contributed by atoms with Crippen molar-refractivity contribution in [1.29, 1.82) is 0 Å². The smallest absolute Gasteiger partial charge is 0.310 e. The van der Waals surface area contributed by atoms with E-state index in [4.69, 9.17) is 19.4 Å². The Labute approximate surface area is 280 Å². The first-order chi connectivity index (χ1) is 22.6. The van der Waals surface area contributed by atoms with Gasteiger partial charge < -0.3 is 19.5 Å². The van der Waals surface area contributed by atoms with Gasteiger partial charge in [0.15, 0.2) is 0 Å². The van der Waals surface area contributed by atoms with Crippen LogP contribution in [0.3, 0.4) is 0 Å². The second kappa shape index (κ2) is 13.4. The van der Waals surface area contributed by atoms with Gasteiger partial charge in [-0.3, -0.25) is 14.4 Å². The lowest BCUT2D eigenvalue weighted by molar-refractivity contribution is -0.147. The van der Waals surface area contributed by atoms with Gasteiger partial charge in [-0.2, -0.15) is 0 Å². The van der Waals surface area contributed by atoms with E-state index >= 15 is 0 Å². The fraction of sp³-hybridized carbons (Fsp3) is 0.541. The number of carbonyl (C=O) groups excluding carboxylic acids is 2. The molecular formula is C37H45N3O6S. The van der Waals surface area contributed by atoms with Gasteiger partial charge in [-0.25, -0.2) is 9.97 Å². The Hall–Kier alpha value is -3.79. The Balaban J connectivity index is 1.36. The summed E-state index contributed by atoms with van der Waals surface area (Å²) in [7, 11) is 3.46. The minimum absolute atomic E-state index is 0.0631. The lowest BCUT2D eigenvalue weighted by Crippen LogP contribution is -2.38. The fourth-order valence-corrected chi connectivity index (χ4v) is 8.36. The van der Waals surface area contributed by atoms with Crippen LogP contribution in [0, 0.1) is 23.2 Å². The molecule has 2 aliphatic carbocycles. The number of thiazole rings is 1. The van der Waals surface area contributed by atoms with Gasteiger partial charge in [0.05, 0.1) is 29.7 Å². The van der Waals surface area contributed by atoms with Crippen molar-refractivity contribution in [3.63, 3.8) is 0 Å². The molecule has 0 spiro atoms. The summed E-state index contributed by atoms with van der Waals surface area (Å²) in [4.78, 5) is 51.9. The molecule has 6 rings (SSSR count). The van der Waals surface area contributed by atoms with Crippen LogP contribution in [0.25, 0.3) is 21.6 Å². The second-order valence-corrected chi connectivity index (χ2v) is 14.6. The quantitative estimate of drug-likeness (QED) is 0.268. The number of aromatic nitrogens is 2. The zero-order valence-corrected chi connectivity index (χ0v) is 28.8. The minimum Gasteiger partial charge on any atom is -0.496 e. The first kappa shape index (κ1) is 33.1. The SMILES string of the molecule is CCc1c(OC)ccc2c(O[C@H]3CC4C(=O)N(C)CCCC/C=C\[C@@H]5C[C@@]5(C(=O)O)CC(=O)[C@@H]4C3)cc(-c3nc(C(C)C)cs3)nc12. The minimum atomic E-state index is -1.08. The standard InChI is InChI=1S/C37H45N3O6S/c1-6-24-31(45-5)13-12-25-32(17-28(38-33(24)25)34-39-29(20-47-34)21(2)3)46-23-15-26-27(16-23)35(42)40(4)14-10-8-7-9-11-22-18-37(22,36(43)44)19-30(26)41/h9,11-13,17,20-23,26-27H,6-8,10,14-16,18-19H2,1-5H3,(H,43,44)/b11-9-/t22-,23-,26-,27?,37-/m1/s1. The van der Waals surface area contributed by atoms with Gasteiger partial charge in [0.25, 0.3) is 0 Å². The number of ether oxygens (including phenoxy) is 2. The van der Waals surface area contributed by atoms with Gasteiger partial charge in [0.1, 0.15) is 34.1 Å². The van der Waals surface area contributed by atoms with Gasteiger partial charge in [-0.05, 0) is 68.9 Å². The molecule has 3 heterocycles. The third kappa shape index (κ3) is 6.41. The number of pyridine rings is 1. The number of fused-ring (bicyclic) bond motifs is 3. The molecule has 9 nitrogen and oxygen atoms in total. The molecule has 1 amide bonds. The number of Topliss-reactive ketones (excluding diaryl/α,β-unsaturated/α-hetero) is 1. The van der Waals surface area contributed by atoms with E-state index in [1.165, 1.54) is 0 Å². The number of amides is 1. The zero-order chi connectivity index (χ0) is 33.5. The molecule has 2 saturated carbocycles. The van der Waals surface area contributed by atoms with Crippen molar-refractivity contribution >= 4 is 39.9 Å². The number of carboxylic acid groups (broad SMARTS) is 1. The van der Waals surface area contributed by atoms with Crippen molar-refractivity contribution in [2.24, 2.45) is 23.2 Å².